The average Bonchev–Trinajstić information content (AvgIpc) is 3.61. The number of aromatic hydroxyl groups is 1. The minimum absolute atomic E-state index is 0.128. The maximum absolute atomic E-state index is 12.0. The molecule has 6 aromatic carbocycles. The Morgan fingerprint density at radius 1 is 0.583 bits per heavy atom. The molecule has 4 nitrogen and oxygen atoms in total. The Bertz CT molecular complexity index is 2850. The van der Waals surface area contributed by atoms with E-state index in [0.29, 0.717) is 17.3 Å². The zero-order chi connectivity index (χ0) is 42.5. The normalized spacial score (nSPS) is 12.1. The summed E-state index contributed by atoms with van der Waals surface area (Å²) < 4.78 is 2.28. The number of rotatable bonds is 8. The van der Waals surface area contributed by atoms with Crippen molar-refractivity contribution in [3.05, 3.63) is 167 Å². The molecule has 1 N–H and O–H groups in total. The van der Waals surface area contributed by atoms with Gasteiger partial charge >= 0.3 is 0 Å². The van der Waals surface area contributed by atoms with E-state index in [1.54, 1.807) is 0 Å². The van der Waals surface area contributed by atoms with E-state index in [1.807, 2.05) is 13.1 Å². The lowest BCUT2D eigenvalue weighted by Gasteiger charge is -2.22. The van der Waals surface area contributed by atoms with Crippen molar-refractivity contribution >= 4 is 11.0 Å². The number of hydrogen-bond donors (Lipinski definition) is 1. The van der Waals surface area contributed by atoms with Gasteiger partial charge in [-0.25, -0.2) is 4.98 Å². The molecule has 4 heteroatoms. The van der Waals surface area contributed by atoms with Gasteiger partial charge < -0.3 is 5.11 Å². The molecule has 0 radical (unpaired) electrons. The fourth-order valence-electron chi connectivity index (χ4n) is 8.24. The Hall–Kier alpha value is -6.26. The molecule has 302 valence electrons. The number of imidazole rings is 1. The molecule has 0 spiro atoms. The number of aryl methyl sites for hydroxylation is 2. The van der Waals surface area contributed by atoms with Crippen molar-refractivity contribution in [1.82, 2.24) is 14.5 Å². The van der Waals surface area contributed by atoms with Crippen LogP contribution in [0.1, 0.15) is 83.2 Å². The van der Waals surface area contributed by atoms with Gasteiger partial charge in [-0.05, 0) is 130 Å². The highest BCUT2D eigenvalue weighted by Crippen LogP contribution is 2.44. The summed E-state index contributed by atoms with van der Waals surface area (Å²) in [6, 6.07) is 48.1. The monoisotopic (exact) mass is 787 g/mol. The van der Waals surface area contributed by atoms with E-state index in [1.165, 1.54) is 22.3 Å². The number of pyridine rings is 1. The van der Waals surface area contributed by atoms with Gasteiger partial charge in [-0.3, -0.25) is 9.55 Å². The van der Waals surface area contributed by atoms with Gasteiger partial charge in [0.25, 0.3) is 0 Å². The minimum Gasteiger partial charge on any atom is -0.507 e. The van der Waals surface area contributed by atoms with E-state index in [9.17, 15) is 5.11 Å². The predicted molar refractivity (Wildman–Crippen MR) is 253 cm³/mol. The van der Waals surface area contributed by atoms with Crippen molar-refractivity contribution < 1.29 is 5.11 Å². The first-order valence-corrected chi connectivity index (χ1v) is 21.3. The van der Waals surface area contributed by atoms with Crippen LogP contribution in [-0.2, 0) is 17.3 Å². The first-order chi connectivity index (χ1) is 28.5. The van der Waals surface area contributed by atoms with Gasteiger partial charge in [0.1, 0.15) is 11.6 Å². The molecule has 60 heavy (non-hydrogen) atoms. The van der Waals surface area contributed by atoms with E-state index in [-0.39, 0.29) is 16.6 Å². The van der Waals surface area contributed by atoms with Crippen LogP contribution in [0.2, 0.25) is 0 Å². The second kappa shape index (κ2) is 15.7. The molecule has 2 heterocycles. The minimum atomic E-state index is -0.141. The molecule has 0 aliphatic rings. The number of hydrogen-bond acceptors (Lipinski definition) is 3. The smallest absolute Gasteiger partial charge is 0.149 e. The summed E-state index contributed by atoms with van der Waals surface area (Å²) in [6.07, 6.45) is 2.89. The molecule has 0 aliphatic heterocycles. The zero-order valence-corrected chi connectivity index (χ0v) is 36.9. The molecule has 8 aromatic rings. The van der Waals surface area contributed by atoms with Crippen LogP contribution >= 0.6 is 0 Å². The van der Waals surface area contributed by atoms with E-state index >= 15 is 0 Å². The standard InChI is InChI=1S/C56H57N3O/c1-35(2)27-38-21-24-50(47(29-38)40-15-12-11-13-16-40)59-51-18-14-17-46(52(51)58-54(59)48-34-44(55(5,6)7)28-37(4)53(48)60)42-30-43(32-45(31-42)56(8,9)10)49-33-41(25-26-57-49)39-22-19-36(3)20-23-39/h11-26,28-35,60H,27H2,1-10H3. The summed E-state index contributed by atoms with van der Waals surface area (Å²) in [5.74, 6) is 1.47. The highest BCUT2D eigenvalue weighted by Gasteiger charge is 2.26. The van der Waals surface area contributed by atoms with Gasteiger partial charge in [0.2, 0.25) is 0 Å². The van der Waals surface area contributed by atoms with Crippen molar-refractivity contribution in [2.75, 3.05) is 0 Å². The molecule has 0 fully saturated rings. The Morgan fingerprint density at radius 2 is 1.28 bits per heavy atom. The van der Waals surface area contributed by atoms with Gasteiger partial charge in [0.05, 0.1) is 28.0 Å². The van der Waals surface area contributed by atoms with Crippen molar-refractivity contribution in [2.45, 2.75) is 86.5 Å². The zero-order valence-electron chi connectivity index (χ0n) is 36.9. The fourth-order valence-corrected chi connectivity index (χ4v) is 8.24. The third kappa shape index (κ3) is 8.04. The lowest BCUT2D eigenvalue weighted by atomic mass is 9.83. The van der Waals surface area contributed by atoms with Crippen LogP contribution in [0.5, 0.6) is 5.75 Å². The van der Waals surface area contributed by atoms with E-state index < -0.39 is 0 Å². The SMILES string of the molecule is Cc1ccc(-c2ccnc(-c3cc(-c4cccc5c4nc(-c4cc(C(C)(C)C)cc(C)c4O)n5-c4ccc(CC(C)C)cc4-c4ccccc4)cc(C(C)(C)C)c3)c2)cc1. The molecule has 0 bridgehead atoms. The Labute approximate surface area is 356 Å². The second-order valence-corrected chi connectivity index (χ2v) is 19.0. The largest absolute Gasteiger partial charge is 0.507 e. The lowest BCUT2D eigenvalue weighted by molar-refractivity contribution is 0.471. The van der Waals surface area contributed by atoms with Crippen LogP contribution in [0.4, 0.5) is 0 Å². The topological polar surface area (TPSA) is 50.9 Å². The van der Waals surface area contributed by atoms with E-state index in [4.69, 9.17) is 9.97 Å². The van der Waals surface area contributed by atoms with E-state index in [0.717, 1.165) is 73.3 Å². The number of phenolic OH excluding ortho intramolecular Hbond substituents is 1. The molecular weight excluding hydrogens is 731 g/mol. The Morgan fingerprint density at radius 3 is 1.98 bits per heavy atom. The molecular formula is C56H57N3O. The van der Waals surface area contributed by atoms with Crippen molar-refractivity contribution in [1.29, 1.82) is 0 Å². The van der Waals surface area contributed by atoms with Gasteiger partial charge in [0.15, 0.2) is 0 Å². The summed E-state index contributed by atoms with van der Waals surface area (Å²) >= 11 is 0. The quantitative estimate of drug-likeness (QED) is 0.167. The Balaban J connectivity index is 1.42. The summed E-state index contributed by atoms with van der Waals surface area (Å²) in [4.78, 5) is 10.5. The van der Waals surface area contributed by atoms with E-state index in [2.05, 4.69) is 200 Å². The number of para-hydroxylation sites is 1. The fraction of sp³-hybridized carbons (Fsp3) is 0.250. The highest BCUT2D eigenvalue weighted by atomic mass is 16.3. The molecule has 0 unspecified atom stereocenters. The van der Waals surface area contributed by atoms with Crippen LogP contribution in [0.15, 0.2) is 140 Å². The number of benzene rings is 6. The number of fused-ring (bicyclic) bond motifs is 1. The molecule has 0 saturated carbocycles. The van der Waals surface area contributed by atoms with Gasteiger partial charge in [-0.2, -0.15) is 0 Å². The molecule has 2 aromatic heterocycles. The maximum atomic E-state index is 12.0. The van der Waals surface area contributed by atoms with Crippen LogP contribution < -0.4 is 0 Å². The van der Waals surface area contributed by atoms with Crippen molar-refractivity contribution in [2.24, 2.45) is 5.92 Å². The van der Waals surface area contributed by atoms with Crippen LogP contribution in [-0.4, -0.2) is 19.6 Å². The first-order valence-electron chi connectivity index (χ1n) is 21.3. The number of phenols is 1. The molecule has 0 amide bonds. The van der Waals surface area contributed by atoms with Crippen LogP contribution in [0.3, 0.4) is 0 Å². The maximum Gasteiger partial charge on any atom is 0.149 e. The third-order valence-corrected chi connectivity index (χ3v) is 11.7. The van der Waals surface area contributed by atoms with Gasteiger partial charge in [0, 0.05) is 22.9 Å². The average molecular weight is 788 g/mol. The summed E-state index contributed by atoms with van der Waals surface area (Å²) in [7, 11) is 0. The Kier molecular flexibility index (Phi) is 10.6. The van der Waals surface area contributed by atoms with Crippen LogP contribution in [0.25, 0.3) is 72.7 Å². The highest BCUT2D eigenvalue weighted by molar-refractivity contribution is 5.98. The van der Waals surface area contributed by atoms with Gasteiger partial charge in [-0.1, -0.05) is 146 Å². The molecule has 0 saturated heterocycles. The van der Waals surface area contributed by atoms with Gasteiger partial charge in [-0.15, -0.1) is 0 Å². The lowest BCUT2D eigenvalue weighted by Crippen LogP contribution is -2.12. The molecule has 8 rings (SSSR count). The molecule has 0 aliphatic carbocycles. The van der Waals surface area contributed by atoms with Crippen LogP contribution in [0, 0.1) is 19.8 Å². The first kappa shape index (κ1) is 40.5. The summed E-state index contributed by atoms with van der Waals surface area (Å²) in [5.41, 5.74) is 17.7. The summed E-state index contributed by atoms with van der Waals surface area (Å²) in [5, 5.41) is 12.0. The number of nitrogens with zero attached hydrogens (tertiary/aromatic N) is 3. The summed E-state index contributed by atoms with van der Waals surface area (Å²) in [6.45, 7) is 22.1. The molecule has 0 atom stereocenters. The second-order valence-electron chi connectivity index (χ2n) is 19.0. The number of aromatic nitrogens is 3. The van der Waals surface area contributed by atoms with Crippen molar-refractivity contribution in [3.8, 4) is 67.5 Å². The van der Waals surface area contributed by atoms with Crippen molar-refractivity contribution in [3.63, 3.8) is 0 Å². The predicted octanol–water partition coefficient (Wildman–Crippen LogP) is 14.9. The third-order valence-electron chi connectivity index (χ3n) is 11.7.